The monoisotopic (exact) mass is 235 g/mol. The van der Waals surface area contributed by atoms with E-state index in [4.69, 9.17) is 4.91 Å². The van der Waals surface area contributed by atoms with Gasteiger partial charge in [-0.05, 0) is 0 Å². The van der Waals surface area contributed by atoms with E-state index < -0.39 is 9.84 Å². The summed E-state index contributed by atoms with van der Waals surface area (Å²) in [6, 6.07) is 0. The van der Waals surface area contributed by atoms with E-state index in [0.717, 1.165) is 0 Å². The number of halogens is 3. The molecule has 0 N–H and O–H groups in total. The molecule has 0 saturated carbocycles. The molecule has 0 spiro atoms. The molecule has 0 aromatic rings. The minimum atomic E-state index is -3.64. The number of carbonyl (C=O) groups is 1. The van der Waals surface area contributed by atoms with E-state index in [1.807, 2.05) is 0 Å². The number of rotatable bonds is 1. The van der Waals surface area contributed by atoms with Crippen molar-refractivity contribution in [3.63, 3.8) is 0 Å². The minimum absolute atomic E-state index is 0.526. The van der Waals surface area contributed by atoms with Crippen molar-refractivity contribution in [1.82, 2.24) is 0 Å². The summed E-state index contributed by atoms with van der Waals surface area (Å²) < 4.78 is 19.3. The van der Waals surface area contributed by atoms with Crippen LogP contribution in [0.3, 0.4) is 0 Å². The third-order valence-electron chi connectivity index (χ3n) is 0.325. The van der Waals surface area contributed by atoms with Gasteiger partial charge in [-0.3, -0.25) is 4.79 Å². The van der Waals surface area contributed by atoms with E-state index in [9.17, 15) is 13.6 Å². The second-order valence-corrected chi connectivity index (χ2v) is 2.25. The van der Waals surface area contributed by atoms with Crippen molar-refractivity contribution in [3.05, 3.63) is 4.91 Å². The molecule has 0 aliphatic carbocycles. The lowest BCUT2D eigenvalue weighted by molar-refractivity contribution is -0.129. The van der Waals surface area contributed by atoms with Crippen LogP contribution in [0, 0.1) is 4.91 Å². The molecule has 0 atom stereocenters. The van der Waals surface area contributed by atoms with Crippen LogP contribution in [-0.2, 0) is 4.79 Å². The first-order valence-corrected chi connectivity index (χ1v) is 2.51. The second-order valence-electron chi connectivity index (χ2n) is 0.894. The highest BCUT2D eigenvalue weighted by Gasteiger charge is 2.35. The largest absolute Gasteiger partial charge is 0.378 e. The molecule has 0 heterocycles. The highest BCUT2D eigenvalue weighted by molar-refractivity contribution is 14.1. The maximum Gasteiger partial charge on any atom is 0.378 e. The third kappa shape index (κ3) is 2.24. The lowest BCUT2D eigenvalue weighted by Gasteiger charge is -1.95. The Kier molecular flexibility index (Phi) is 2.38. The van der Waals surface area contributed by atoms with E-state index in [0.29, 0.717) is 22.6 Å². The number of hydrogen-bond acceptors (Lipinski definition) is 2. The van der Waals surface area contributed by atoms with E-state index in [1.54, 1.807) is 0 Å². The van der Waals surface area contributed by atoms with Crippen LogP contribution in [0.25, 0.3) is 0 Å². The predicted molar refractivity (Wildman–Crippen MR) is 29.8 cm³/mol. The molecular formula is C2F2INO2. The van der Waals surface area contributed by atoms with Gasteiger partial charge in [-0.25, -0.2) is 0 Å². The van der Waals surface area contributed by atoms with Gasteiger partial charge in [0.2, 0.25) is 0 Å². The SMILES string of the molecule is O=NC(=O)C(F)(F)I. The first-order valence-electron chi connectivity index (χ1n) is 1.43. The van der Waals surface area contributed by atoms with Gasteiger partial charge in [0.1, 0.15) is 0 Å². The summed E-state index contributed by atoms with van der Waals surface area (Å²) in [4.78, 5) is 18.7. The fraction of sp³-hybridized carbons (Fsp3) is 0.500. The van der Waals surface area contributed by atoms with Gasteiger partial charge in [0, 0.05) is 27.8 Å². The molecule has 0 bridgehead atoms. The van der Waals surface area contributed by atoms with Crippen LogP contribution in [-0.4, -0.2) is 9.84 Å². The van der Waals surface area contributed by atoms with Crippen LogP contribution in [0.2, 0.25) is 0 Å². The number of nitrogens with zero attached hydrogens (tertiary/aromatic N) is 1. The van der Waals surface area contributed by atoms with E-state index in [-0.39, 0.29) is 0 Å². The Morgan fingerprint density at radius 3 is 2.00 bits per heavy atom. The Morgan fingerprint density at radius 1 is 1.62 bits per heavy atom. The first kappa shape index (κ1) is 7.86. The quantitative estimate of drug-likeness (QED) is 0.390. The Morgan fingerprint density at radius 2 is 2.00 bits per heavy atom. The van der Waals surface area contributed by atoms with E-state index in [2.05, 4.69) is 0 Å². The van der Waals surface area contributed by atoms with E-state index in [1.165, 1.54) is 5.18 Å². The van der Waals surface area contributed by atoms with Gasteiger partial charge >= 0.3 is 9.84 Å². The maximum atomic E-state index is 11.5. The standard InChI is InChI=1S/C2F2INO2/c3-2(4,5)1(7)6-8. The zero-order chi connectivity index (χ0) is 6.78. The van der Waals surface area contributed by atoms with Crippen LogP contribution in [0.1, 0.15) is 0 Å². The number of hydrogen-bond donors (Lipinski definition) is 0. The molecule has 0 radical (unpaired) electrons. The molecule has 6 heteroatoms. The molecule has 0 saturated heterocycles. The summed E-state index contributed by atoms with van der Waals surface area (Å²) in [5.74, 6) is -1.95. The van der Waals surface area contributed by atoms with Gasteiger partial charge in [0.05, 0.1) is 0 Å². The van der Waals surface area contributed by atoms with Gasteiger partial charge in [-0.2, -0.15) is 8.78 Å². The zero-order valence-electron chi connectivity index (χ0n) is 3.40. The Bertz CT molecular complexity index is 120. The molecule has 0 aromatic carbocycles. The van der Waals surface area contributed by atoms with Crippen molar-refractivity contribution in [1.29, 1.82) is 0 Å². The van der Waals surface area contributed by atoms with Gasteiger partial charge < -0.3 is 0 Å². The van der Waals surface area contributed by atoms with Crippen LogP contribution < -0.4 is 0 Å². The average molecular weight is 235 g/mol. The Labute approximate surface area is 56.6 Å². The molecule has 0 aliphatic rings. The van der Waals surface area contributed by atoms with Crippen molar-refractivity contribution in [3.8, 4) is 0 Å². The predicted octanol–water partition coefficient (Wildman–Crippen LogP) is 1.31. The van der Waals surface area contributed by atoms with Gasteiger partial charge in [0.25, 0.3) is 0 Å². The topological polar surface area (TPSA) is 46.5 Å². The van der Waals surface area contributed by atoms with Gasteiger partial charge in [-0.1, -0.05) is 0 Å². The summed E-state index contributed by atoms with van der Waals surface area (Å²) in [6.45, 7) is 0. The zero-order valence-corrected chi connectivity index (χ0v) is 5.56. The summed E-state index contributed by atoms with van der Waals surface area (Å²) in [5.41, 5.74) is 0. The van der Waals surface area contributed by atoms with Crippen LogP contribution in [0.15, 0.2) is 5.18 Å². The highest BCUT2D eigenvalue weighted by atomic mass is 127. The van der Waals surface area contributed by atoms with Crippen molar-refractivity contribution >= 4 is 28.5 Å². The van der Waals surface area contributed by atoms with Crippen LogP contribution in [0.4, 0.5) is 8.78 Å². The van der Waals surface area contributed by atoms with Crippen LogP contribution >= 0.6 is 22.6 Å². The maximum absolute atomic E-state index is 11.5. The van der Waals surface area contributed by atoms with Crippen LogP contribution in [0.5, 0.6) is 0 Å². The minimum Gasteiger partial charge on any atom is -0.261 e. The van der Waals surface area contributed by atoms with Crippen molar-refractivity contribution < 1.29 is 13.6 Å². The second kappa shape index (κ2) is 2.42. The lowest BCUT2D eigenvalue weighted by Crippen LogP contribution is -2.16. The molecule has 0 aliphatic heterocycles. The molecule has 0 fully saturated rings. The molecule has 0 aromatic heterocycles. The molecule has 46 valence electrons. The van der Waals surface area contributed by atoms with Crippen molar-refractivity contribution in [2.24, 2.45) is 5.18 Å². The number of alkyl halides is 3. The van der Waals surface area contributed by atoms with E-state index >= 15 is 0 Å². The molecule has 1 amide bonds. The number of nitroso groups, excluding NO2 is 1. The normalized spacial score (nSPS) is 10.9. The smallest absolute Gasteiger partial charge is 0.261 e. The first-order chi connectivity index (χ1) is 3.48. The molecule has 0 unspecified atom stereocenters. The highest BCUT2D eigenvalue weighted by Crippen LogP contribution is 2.23. The fourth-order valence-electron chi connectivity index (χ4n) is 0.0518. The Hall–Kier alpha value is -0.140. The molecule has 0 rings (SSSR count). The number of amides is 1. The fourth-order valence-corrected chi connectivity index (χ4v) is 0.150. The summed E-state index contributed by atoms with van der Waals surface area (Å²) >= 11 is 0.526. The molecule has 8 heavy (non-hydrogen) atoms. The average Bonchev–Trinajstić information content (AvgIpc) is 1.62. The summed E-state index contributed by atoms with van der Waals surface area (Å²) in [7, 11) is 0. The third-order valence-corrected chi connectivity index (χ3v) is 0.787. The molecule has 3 nitrogen and oxygen atoms in total. The summed E-state index contributed by atoms with van der Waals surface area (Å²) in [5, 5.41) is 1.51. The van der Waals surface area contributed by atoms with Gasteiger partial charge in [-0.15, -0.1) is 4.91 Å². The summed E-state index contributed by atoms with van der Waals surface area (Å²) in [6.07, 6.45) is 0. The number of carbonyl (C=O) groups excluding carboxylic acids is 1. The van der Waals surface area contributed by atoms with Crippen molar-refractivity contribution in [2.45, 2.75) is 3.93 Å². The van der Waals surface area contributed by atoms with Crippen molar-refractivity contribution in [2.75, 3.05) is 0 Å². The molecular weight excluding hydrogens is 235 g/mol. The Balaban J connectivity index is 4.02. The van der Waals surface area contributed by atoms with Gasteiger partial charge in [0.15, 0.2) is 0 Å². The lowest BCUT2D eigenvalue weighted by atomic mass is 10.7.